The minimum atomic E-state index is -0.426. The number of nitrogens with zero attached hydrogens (tertiary/aromatic N) is 2. The Kier molecular flexibility index (Phi) is 6.09. The van der Waals surface area contributed by atoms with Crippen molar-refractivity contribution >= 4 is 5.97 Å². The molecule has 0 unspecified atom stereocenters. The van der Waals surface area contributed by atoms with E-state index in [0.29, 0.717) is 18.0 Å². The molecule has 0 aliphatic heterocycles. The number of hydrogen-bond acceptors (Lipinski definition) is 3. The quantitative estimate of drug-likeness (QED) is 0.807. The van der Waals surface area contributed by atoms with Crippen LogP contribution in [0.1, 0.15) is 42.5 Å². The van der Waals surface area contributed by atoms with Crippen LogP contribution in [0.15, 0.2) is 24.3 Å². The van der Waals surface area contributed by atoms with Crippen molar-refractivity contribution in [3.8, 4) is 5.69 Å². The second-order valence-electron chi connectivity index (χ2n) is 4.17. The molecule has 2 rings (SSSR count). The summed E-state index contributed by atoms with van der Waals surface area (Å²) in [5.41, 5.74) is 2.52. The van der Waals surface area contributed by atoms with Crippen molar-refractivity contribution in [1.82, 2.24) is 9.78 Å². The molecule has 4 nitrogen and oxygen atoms in total. The smallest absolute Gasteiger partial charge is 0.357 e. The van der Waals surface area contributed by atoms with Gasteiger partial charge in [0.1, 0.15) is 5.82 Å². The van der Waals surface area contributed by atoms with Gasteiger partial charge in [0.05, 0.1) is 18.0 Å². The highest BCUT2D eigenvalue weighted by Crippen LogP contribution is 2.19. The third-order valence-electron chi connectivity index (χ3n) is 2.90. The molecule has 114 valence electrons. The number of benzene rings is 1. The second-order valence-corrected chi connectivity index (χ2v) is 4.17. The Hall–Kier alpha value is -2.17. The number of carbonyl (C=O) groups is 1. The molecule has 21 heavy (non-hydrogen) atoms. The van der Waals surface area contributed by atoms with E-state index in [0.717, 1.165) is 11.3 Å². The van der Waals surface area contributed by atoms with Gasteiger partial charge in [-0.25, -0.2) is 13.9 Å². The van der Waals surface area contributed by atoms with Crippen molar-refractivity contribution in [3.63, 3.8) is 0 Å². The van der Waals surface area contributed by atoms with Crippen LogP contribution in [0.25, 0.3) is 5.69 Å². The van der Waals surface area contributed by atoms with Gasteiger partial charge in [0.2, 0.25) is 0 Å². The van der Waals surface area contributed by atoms with Gasteiger partial charge in [-0.15, -0.1) is 0 Å². The molecule has 0 aliphatic carbocycles. The molecule has 0 spiro atoms. The molecule has 0 saturated heterocycles. The fourth-order valence-electron chi connectivity index (χ4n) is 1.81. The van der Waals surface area contributed by atoms with Crippen molar-refractivity contribution in [2.45, 2.75) is 34.6 Å². The fraction of sp³-hybridized carbons (Fsp3) is 0.375. The number of ether oxygens (including phenoxy) is 1. The molecule has 2 aromatic rings. The molecule has 0 fully saturated rings. The maximum atomic E-state index is 12.9. The molecule has 0 radical (unpaired) electrons. The first-order valence-electron chi connectivity index (χ1n) is 7.04. The van der Waals surface area contributed by atoms with Crippen molar-refractivity contribution in [3.05, 3.63) is 47.0 Å². The van der Waals surface area contributed by atoms with Gasteiger partial charge in [0, 0.05) is 5.56 Å². The van der Waals surface area contributed by atoms with Gasteiger partial charge in [-0.05, 0) is 45.0 Å². The Morgan fingerprint density at radius 2 is 1.81 bits per heavy atom. The zero-order valence-corrected chi connectivity index (χ0v) is 13.1. The summed E-state index contributed by atoms with van der Waals surface area (Å²) in [6.45, 7) is 9.68. The summed E-state index contributed by atoms with van der Waals surface area (Å²) in [6, 6.07) is 5.81. The number of halogens is 1. The second kappa shape index (κ2) is 7.57. The van der Waals surface area contributed by atoms with E-state index in [1.165, 1.54) is 16.8 Å². The lowest BCUT2D eigenvalue weighted by atomic mass is 10.2. The zero-order chi connectivity index (χ0) is 16.0. The molecule has 1 heterocycles. The SMILES string of the molecule is CC.CCOC(=O)c1c(C)c(C)nn1-c1ccc(F)cc1. The van der Waals surface area contributed by atoms with Crippen LogP contribution in [-0.2, 0) is 4.74 Å². The summed E-state index contributed by atoms with van der Waals surface area (Å²) in [5, 5.41) is 4.31. The van der Waals surface area contributed by atoms with Crippen LogP contribution in [0.5, 0.6) is 0 Å². The van der Waals surface area contributed by atoms with Gasteiger partial charge in [0.25, 0.3) is 0 Å². The van der Waals surface area contributed by atoms with Crippen molar-refractivity contribution < 1.29 is 13.9 Å². The van der Waals surface area contributed by atoms with E-state index in [4.69, 9.17) is 4.74 Å². The lowest BCUT2D eigenvalue weighted by molar-refractivity contribution is 0.0515. The number of esters is 1. The van der Waals surface area contributed by atoms with Crippen molar-refractivity contribution in [2.24, 2.45) is 0 Å². The summed E-state index contributed by atoms with van der Waals surface area (Å²) in [6.07, 6.45) is 0. The van der Waals surface area contributed by atoms with Crippen LogP contribution in [0, 0.1) is 19.7 Å². The molecule has 0 atom stereocenters. The summed E-state index contributed by atoms with van der Waals surface area (Å²) in [7, 11) is 0. The maximum Gasteiger partial charge on any atom is 0.357 e. The van der Waals surface area contributed by atoms with E-state index in [-0.39, 0.29) is 5.82 Å². The van der Waals surface area contributed by atoms with E-state index >= 15 is 0 Å². The molecule has 0 aliphatic rings. The fourth-order valence-corrected chi connectivity index (χ4v) is 1.81. The number of hydrogen-bond donors (Lipinski definition) is 0. The highest BCUT2D eigenvalue weighted by molar-refractivity contribution is 5.90. The molecule has 5 heteroatoms. The Morgan fingerprint density at radius 1 is 1.24 bits per heavy atom. The molecule has 0 saturated carbocycles. The lowest BCUT2D eigenvalue weighted by Crippen LogP contribution is -2.13. The lowest BCUT2D eigenvalue weighted by Gasteiger charge is -2.07. The number of rotatable bonds is 3. The summed E-state index contributed by atoms with van der Waals surface area (Å²) >= 11 is 0. The Morgan fingerprint density at radius 3 is 2.33 bits per heavy atom. The monoisotopic (exact) mass is 292 g/mol. The topological polar surface area (TPSA) is 44.1 Å². The summed E-state index contributed by atoms with van der Waals surface area (Å²) in [5.74, 6) is -0.757. The van der Waals surface area contributed by atoms with Crippen LogP contribution in [-0.4, -0.2) is 22.4 Å². The van der Waals surface area contributed by atoms with Crippen LogP contribution in [0.3, 0.4) is 0 Å². The third-order valence-corrected chi connectivity index (χ3v) is 2.90. The highest BCUT2D eigenvalue weighted by atomic mass is 19.1. The van der Waals surface area contributed by atoms with Crippen molar-refractivity contribution in [2.75, 3.05) is 6.61 Å². The third kappa shape index (κ3) is 3.68. The van der Waals surface area contributed by atoms with Crippen LogP contribution in [0.2, 0.25) is 0 Å². The molecule has 0 amide bonds. The highest BCUT2D eigenvalue weighted by Gasteiger charge is 2.20. The van der Waals surface area contributed by atoms with Gasteiger partial charge >= 0.3 is 5.97 Å². The summed E-state index contributed by atoms with van der Waals surface area (Å²) in [4.78, 5) is 12.0. The largest absolute Gasteiger partial charge is 0.461 e. The minimum Gasteiger partial charge on any atom is -0.461 e. The maximum absolute atomic E-state index is 12.9. The Bertz CT molecular complexity index is 603. The first-order chi connectivity index (χ1) is 10.0. The average Bonchev–Trinajstić information content (AvgIpc) is 2.78. The summed E-state index contributed by atoms with van der Waals surface area (Å²) < 4.78 is 19.5. The Labute approximate surface area is 124 Å². The Balaban J connectivity index is 0.00000106. The van der Waals surface area contributed by atoms with E-state index in [9.17, 15) is 9.18 Å². The standard InChI is InChI=1S/C14H15FN2O2.C2H6/c1-4-19-14(18)13-9(2)10(3)16-17(13)12-7-5-11(15)6-8-12;1-2/h5-8H,4H2,1-3H3;1-2H3. The van der Waals surface area contributed by atoms with Crippen LogP contribution < -0.4 is 0 Å². The number of carbonyl (C=O) groups excluding carboxylic acids is 1. The van der Waals surface area contributed by atoms with Gasteiger partial charge < -0.3 is 4.74 Å². The van der Waals surface area contributed by atoms with E-state index < -0.39 is 5.97 Å². The van der Waals surface area contributed by atoms with Gasteiger partial charge in [-0.1, -0.05) is 13.8 Å². The predicted octanol–water partition coefficient (Wildman–Crippen LogP) is 3.83. The molecule has 0 N–H and O–H groups in total. The molecular formula is C16H21FN2O2. The molecular weight excluding hydrogens is 271 g/mol. The van der Waals surface area contributed by atoms with Gasteiger partial charge in [0.15, 0.2) is 5.69 Å². The molecule has 1 aromatic carbocycles. The van der Waals surface area contributed by atoms with E-state index in [1.807, 2.05) is 27.7 Å². The number of aromatic nitrogens is 2. The average molecular weight is 292 g/mol. The number of aryl methyl sites for hydroxylation is 1. The van der Waals surface area contributed by atoms with Crippen molar-refractivity contribution in [1.29, 1.82) is 0 Å². The molecule has 1 aromatic heterocycles. The van der Waals surface area contributed by atoms with Gasteiger partial charge in [-0.3, -0.25) is 0 Å². The first kappa shape index (κ1) is 16.9. The minimum absolute atomic E-state index is 0.298. The zero-order valence-electron chi connectivity index (χ0n) is 13.1. The van der Waals surface area contributed by atoms with E-state index in [2.05, 4.69) is 5.10 Å². The van der Waals surface area contributed by atoms with Gasteiger partial charge in [-0.2, -0.15) is 5.10 Å². The normalized spacial score (nSPS) is 9.81. The first-order valence-corrected chi connectivity index (χ1v) is 7.04. The molecule has 0 bridgehead atoms. The predicted molar refractivity (Wildman–Crippen MR) is 80.3 cm³/mol. The van der Waals surface area contributed by atoms with Crippen LogP contribution >= 0.6 is 0 Å². The van der Waals surface area contributed by atoms with Crippen LogP contribution in [0.4, 0.5) is 4.39 Å². The van der Waals surface area contributed by atoms with E-state index in [1.54, 1.807) is 19.1 Å².